The van der Waals surface area contributed by atoms with Crippen molar-refractivity contribution in [2.45, 2.75) is 50.6 Å². The third kappa shape index (κ3) is 4.46. The van der Waals surface area contributed by atoms with Crippen LogP contribution in [-0.2, 0) is 0 Å². The molecular weight excluding hydrogens is 385 g/mol. The molecule has 2 fully saturated rings. The van der Waals surface area contributed by atoms with Gasteiger partial charge in [0.25, 0.3) is 5.91 Å². The molecule has 3 heterocycles. The number of hydrogen-bond acceptors (Lipinski definition) is 7. The van der Waals surface area contributed by atoms with Gasteiger partial charge < -0.3 is 27.0 Å². The fraction of sp³-hybridized carbons (Fsp3) is 0.476. The molecule has 1 aliphatic carbocycles. The molecule has 1 aliphatic heterocycles. The van der Waals surface area contributed by atoms with Gasteiger partial charge in [-0.1, -0.05) is 12.8 Å². The quantitative estimate of drug-likeness (QED) is 0.574. The average Bonchev–Trinajstić information content (AvgIpc) is 3.27. The van der Waals surface area contributed by atoms with Crippen molar-refractivity contribution >= 4 is 29.0 Å². The van der Waals surface area contributed by atoms with Crippen LogP contribution in [-0.4, -0.2) is 41.0 Å². The minimum absolute atomic E-state index is 0.0189. The number of amides is 1. The Morgan fingerprint density at radius 3 is 2.57 bits per heavy atom. The van der Waals surface area contributed by atoms with E-state index in [0.717, 1.165) is 50.7 Å². The largest absolute Gasteiger partial charge is 0.365 e. The van der Waals surface area contributed by atoms with Crippen molar-refractivity contribution in [1.29, 1.82) is 0 Å². The van der Waals surface area contributed by atoms with Crippen LogP contribution in [0, 0.1) is 5.82 Å². The summed E-state index contributed by atoms with van der Waals surface area (Å²) < 4.78 is 14.6. The van der Waals surface area contributed by atoms with Gasteiger partial charge in [0.2, 0.25) is 0 Å². The van der Waals surface area contributed by atoms with Crippen LogP contribution in [0.3, 0.4) is 0 Å². The van der Waals surface area contributed by atoms with Crippen LogP contribution in [0.15, 0.2) is 24.4 Å². The zero-order chi connectivity index (χ0) is 21.1. The molecule has 9 heteroatoms. The van der Waals surface area contributed by atoms with Gasteiger partial charge in [-0.15, -0.1) is 0 Å². The van der Waals surface area contributed by atoms with Crippen molar-refractivity contribution in [3.8, 4) is 0 Å². The van der Waals surface area contributed by atoms with Crippen molar-refractivity contribution in [3.05, 3.63) is 35.8 Å². The molecule has 1 saturated heterocycles. The monoisotopic (exact) mass is 413 g/mol. The Kier molecular flexibility index (Phi) is 5.98. The highest BCUT2D eigenvalue weighted by molar-refractivity contribution is 5.98. The predicted molar refractivity (Wildman–Crippen MR) is 116 cm³/mol. The maximum absolute atomic E-state index is 14.6. The summed E-state index contributed by atoms with van der Waals surface area (Å²) in [5.41, 5.74) is 12.2. The Morgan fingerprint density at radius 1 is 1.13 bits per heavy atom. The van der Waals surface area contributed by atoms with Crippen LogP contribution in [0.4, 0.5) is 27.5 Å². The van der Waals surface area contributed by atoms with Crippen molar-refractivity contribution in [3.63, 3.8) is 0 Å². The second-order valence-corrected chi connectivity index (χ2v) is 8.00. The minimum atomic E-state index is -0.758. The minimum Gasteiger partial charge on any atom is -0.365 e. The third-order valence-electron chi connectivity index (χ3n) is 5.82. The van der Waals surface area contributed by atoms with E-state index in [-0.39, 0.29) is 29.3 Å². The molecule has 0 bridgehead atoms. The first-order chi connectivity index (χ1) is 14.5. The molecule has 1 saturated carbocycles. The normalized spacial score (nSPS) is 21.5. The Hall–Kier alpha value is -2.94. The van der Waals surface area contributed by atoms with E-state index < -0.39 is 11.7 Å². The molecule has 30 heavy (non-hydrogen) atoms. The Bertz CT molecular complexity index is 899. The van der Waals surface area contributed by atoms with Crippen LogP contribution in [0.1, 0.15) is 48.9 Å². The molecule has 0 aromatic carbocycles. The van der Waals surface area contributed by atoms with Gasteiger partial charge in [0.1, 0.15) is 11.6 Å². The van der Waals surface area contributed by atoms with Crippen LogP contribution >= 0.6 is 0 Å². The first-order valence-corrected chi connectivity index (χ1v) is 10.5. The summed E-state index contributed by atoms with van der Waals surface area (Å²) in [5.74, 6) is -0.229. The number of nitrogens with one attached hydrogen (secondary N) is 2. The summed E-state index contributed by atoms with van der Waals surface area (Å²) in [4.78, 5) is 22.9. The number of anilines is 4. The molecule has 6 N–H and O–H groups in total. The molecule has 2 aromatic heterocycles. The van der Waals surface area contributed by atoms with E-state index in [9.17, 15) is 9.18 Å². The molecule has 2 aliphatic rings. The standard InChI is InChI=1S/C21H28FN7O/c22-15-11-14(19(24)30)20(28-21(15)27-17-6-2-1-5-16(17)23)26-13-7-8-18(25-12-13)29-9-3-4-10-29/h7-8,11-12,16-17H,1-6,9-10,23H2,(H2,24,30)(H2,26,27,28). The van der Waals surface area contributed by atoms with Gasteiger partial charge in [-0.2, -0.15) is 0 Å². The van der Waals surface area contributed by atoms with Crippen LogP contribution in [0.2, 0.25) is 0 Å². The number of halogens is 1. The summed E-state index contributed by atoms with van der Waals surface area (Å²) in [6.45, 7) is 2.01. The lowest BCUT2D eigenvalue weighted by Crippen LogP contribution is -2.43. The van der Waals surface area contributed by atoms with E-state index >= 15 is 0 Å². The lowest BCUT2D eigenvalue weighted by molar-refractivity contribution is 0.100. The van der Waals surface area contributed by atoms with Gasteiger partial charge in [0, 0.05) is 25.2 Å². The first kappa shape index (κ1) is 20.3. The summed E-state index contributed by atoms with van der Waals surface area (Å²) in [5, 5.41) is 6.17. The van der Waals surface area contributed by atoms with Gasteiger partial charge >= 0.3 is 0 Å². The van der Waals surface area contributed by atoms with Gasteiger partial charge in [-0.3, -0.25) is 4.79 Å². The first-order valence-electron chi connectivity index (χ1n) is 10.5. The number of nitrogens with two attached hydrogens (primary N) is 2. The zero-order valence-corrected chi connectivity index (χ0v) is 16.9. The maximum atomic E-state index is 14.6. The molecule has 0 spiro atoms. The number of primary amides is 1. The van der Waals surface area contributed by atoms with Crippen LogP contribution < -0.4 is 27.0 Å². The summed E-state index contributed by atoms with van der Waals surface area (Å²) >= 11 is 0. The Labute approximate surface area is 175 Å². The van der Waals surface area contributed by atoms with Crippen LogP contribution in [0.5, 0.6) is 0 Å². The number of carbonyl (C=O) groups excluding carboxylic acids is 1. The highest BCUT2D eigenvalue weighted by atomic mass is 19.1. The van der Waals surface area contributed by atoms with Gasteiger partial charge in [-0.25, -0.2) is 14.4 Å². The summed E-state index contributed by atoms with van der Waals surface area (Å²) in [6, 6.07) is 4.77. The van der Waals surface area contributed by atoms with Crippen molar-refractivity contribution < 1.29 is 9.18 Å². The van der Waals surface area contributed by atoms with E-state index in [0.29, 0.717) is 5.69 Å². The number of carbonyl (C=O) groups is 1. The van der Waals surface area contributed by atoms with Gasteiger partial charge in [0.05, 0.1) is 17.4 Å². The van der Waals surface area contributed by atoms with Gasteiger partial charge in [-0.05, 0) is 43.9 Å². The highest BCUT2D eigenvalue weighted by Gasteiger charge is 2.24. The number of nitrogens with zero attached hydrogens (tertiary/aromatic N) is 3. The number of rotatable bonds is 6. The van der Waals surface area contributed by atoms with Crippen molar-refractivity contribution in [1.82, 2.24) is 9.97 Å². The summed E-state index contributed by atoms with van der Waals surface area (Å²) in [7, 11) is 0. The maximum Gasteiger partial charge on any atom is 0.252 e. The molecule has 1 amide bonds. The van der Waals surface area contributed by atoms with Gasteiger partial charge in [0.15, 0.2) is 11.6 Å². The molecule has 2 aromatic rings. The molecular formula is C21H28FN7O. The molecule has 160 valence electrons. The molecule has 4 rings (SSSR count). The second-order valence-electron chi connectivity index (χ2n) is 8.00. The Balaban J connectivity index is 1.56. The summed E-state index contributed by atoms with van der Waals surface area (Å²) in [6.07, 6.45) is 7.86. The van der Waals surface area contributed by atoms with Crippen molar-refractivity contribution in [2.24, 2.45) is 11.5 Å². The molecule has 0 radical (unpaired) electrons. The smallest absolute Gasteiger partial charge is 0.252 e. The van der Waals surface area contributed by atoms with Crippen molar-refractivity contribution in [2.75, 3.05) is 28.6 Å². The zero-order valence-electron chi connectivity index (χ0n) is 16.9. The Morgan fingerprint density at radius 2 is 1.90 bits per heavy atom. The van der Waals surface area contributed by atoms with E-state index in [2.05, 4.69) is 25.5 Å². The third-order valence-corrected chi connectivity index (χ3v) is 5.82. The number of aromatic nitrogens is 2. The fourth-order valence-corrected chi connectivity index (χ4v) is 4.12. The van der Waals surface area contributed by atoms with E-state index in [4.69, 9.17) is 11.5 Å². The highest BCUT2D eigenvalue weighted by Crippen LogP contribution is 2.27. The number of pyridine rings is 2. The van der Waals surface area contributed by atoms with E-state index in [1.165, 1.54) is 12.8 Å². The lowest BCUT2D eigenvalue weighted by Gasteiger charge is -2.30. The molecule has 8 nitrogen and oxygen atoms in total. The molecule has 2 unspecified atom stereocenters. The fourth-order valence-electron chi connectivity index (χ4n) is 4.12. The number of hydrogen-bond donors (Lipinski definition) is 4. The van der Waals surface area contributed by atoms with Crippen LogP contribution in [0.25, 0.3) is 0 Å². The SMILES string of the molecule is NC(=O)c1cc(F)c(NC2CCCCC2N)nc1Nc1ccc(N2CCCC2)nc1. The average molecular weight is 414 g/mol. The molecule has 2 atom stereocenters. The second kappa shape index (κ2) is 8.83. The van der Waals surface area contributed by atoms with E-state index in [1.807, 2.05) is 12.1 Å². The topological polar surface area (TPSA) is 122 Å². The lowest BCUT2D eigenvalue weighted by atomic mass is 9.91. The van der Waals surface area contributed by atoms with E-state index in [1.54, 1.807) is 6.20 Å². The predicted octanol–water partition coefficient (Wildman–Crippen LogP) is 2.74.